The Kier molecular flexibility index (Phi) is 0.807. The van der Waals surface area contributed by atoms with Crippen molar-refractivity contribution >= 4 is 0 Å². The van der Waals surface area contributed by atoms with Gasteiger partial charge in [-0.3, -0.25) is 0 Å². The maximum absolute atomic E-state index is 2.54. The molecule has 0 radical (unpaired) electrons. The van der Waals surface area contributed by atoms with E-state index in [0.717, 1.165) is 11.3 Å². The van der Waals surface area contributed by atoms with Crippen LogP contribution in [0.25, 0.3) is 0 Å². The Balaban J connectivity index is 2.23. The fourth-order valence-electron chi connectivity index (χ4n) is 5.31. The molecule has 12 heavy (non-hydrogen) atoms. The van der Waals surface area contributed by atoms with Gasteiger partial charge in [0, 0.05) is 0 Å². The van der Waals surface area contributed by atoms with Gasteiger partial charge in [-0.2, -0.15) is 0 Å². The highest BCUT2D eigenvalue weighted by Crippen LogP contribution is 2.96. The van der Waals surface area contributed by atoms with E-state index in [1.165, 1.54) is 12.8 Å². The molecule has 4 fully saturated rings. The third-order valence-electron chi connectivity index (χ3n) is 6.79. The van der Waals surface area contributed by atoms with Crippen molar-refractivity contribution in [1.29, 1.82) is 0 Å². The van der Waals surface area contributed by atoms with E-state index in [1.54, 1.807) is 0 Å². The van der Waals surface area contributed by atoms with Crippen LogP contribution in [0.5, 0.6) is 0 Å². The predicted octanol–water partition coefficient (Wildman–Crippen LogP) is 3.47. The summed E-state index contributed by atoms with van der Waals surface area (Å²) in [5.41, 5.74) is 2.68. The van der Waals surface area contributed by atoms with Crippen LogP contribution in [0.4, 0.5) is 0 Å². The molecule has 4 unspecified atom stereocenters. The second-order valence-electron chi connectivity index (χ2n) is 6.74. The highest BCUT2D eigenvalue weighted by molar-refractivity contribution is 5.37. The lowest BCUT2D eigenvalue weighted by Gasteiger charge is -2.37. The second-order valence-corrected chi connectivity index (χ2v) is 6.74. The van der Waals surface area contributed by atoms with E-state index < -0.39 is 0 Å². The predicted molar refractivity (Wildman–Crippen MR) is 50.8 cm³/mol. The van der Waals surface area contributed by atoms with Gasteiger partial charge in [-0.25, -0.2) is 0 Å². The lowest BCUT2D eigenvalue weighted by atomic mass is 9.67. The van der Waals surface area contributed by atoms with E-state index >= 15 is 0 Å². The molecule has 4 atom stereocenters. The fourth-order valence-corrected chi connectivity index (χ4v) is 5.31. The van der Waals surface area contributed by atoms with Gasteiger partial charge in [0.2, 0.25) is 0 Å². The van der Waals surface area contributed by atoms with E-state index in [4.69, 9.17) is 0 Å². The van der Waals surface area contributed by atoms with Gasteiger partial charge in [0.05, 0.1) is 0 Å². The van der Waals surface area contributed by atoms with Crippen LogP contribution in [0.3, 0.4) is 0 Å². The van der Waals surface area contributed by atoms with Crippen LogP contribution in [-0.4, -0.2) is 0 Å². The Morgan fingerprint density at radius 1 is 1.00 bits per heavy atom. The van der Waals surface area contributed by atoms with Crippen molar-refractivity contribution in [2.75, 3.05) is 0 Å². The van der Waals surface area contributed by atoms with Crippen LogP contribution in [0.15, 0.2) is 0 Å². The normalized spacial score (nSPS) is 70.2. The minimum Gasteiger partial charge on any atom is -0.0591 e. The first kappa shape index (κ1) is 7.41. The zero-order chi connectivity index (χ0) is 8.99. The molecular formula is C12H20. The molecule has 0 saturated heterocycles. The van der Waals surface area contributed by atoms with E-state index in [-0.39, 0.29) is 0 Å². The molecule has 0 nitrogen and oxygen atoms in total. The van der Waals surface area contributed by atoms with Gasteiger partial charge >= 0.3 is 0 Å². The molecule has 0 aromatic heterocycles. The van der Waals surface area contributed by atoms with Gasteiger partial charge < -0.3 is 0 Å². The summed E-state index contributed by atoms with van der Waals surface area (Å²) in [5, 5.41) is 0. The highest BCUT2D eigenvalue weighted by atomic mass is 14.9. The minimum atomic E-state index is 0.597. The van der Waals surface area contributed by atoms with Gasteiger partial charge in [-0.05, 0) is 40.4 Å². The van der Waals surface area contributed by atoms with Crippen molar-refractivity contribution in [2.24, 2.45) is 27.6 Å². The average Bonchev–Trinajstić information content (AvgIpc) is 2.21. The van der Waals surface area contributed by atoms with Crippen molar-refractivity contribution in [2.45, 2.75) is 47.5 Å². The Labute approximate surface area is 75.7 Å². The van der Waals surface area contributed by atoms with Gasteiger partial charge in [0.15, 0.2) is 0 Å². The van der Waals surface area contributed by atoms with E-state index in [0.29, 0.717) is 16.2 Å². The molecular weight excluding hydrogens is 144 g/mol. The summed E-state index contributed by atoms with van der Waals surface area (Å²) in [4.78, 5) is 0. The summed E-state index contributed by atoms with van der Waals surface area (Å²) in [7, 11) is 0. The summed E-state index contributed by atoms with van der Waals surface area (Å²) in [6, 6.07) is 0. The summed E-state index contributed by atoms with van der Waals surface area (Å²) in [5.74, 6) is 1.06. The molecule has 4 saturated carbocycles. The lowest BCUT2D eigenvalue weighted by Crippen LogP contribution is -2.30. The standard InChI is InChI=1S/C12H20/c1-9(2)10(3)6-8-11(4,7-10)12(8,9)5/h8H,6-7H2,1-5H3. The molecule has 0 aromatic rings. The smallest absolute Gasteiger partial charge is 0.0179 e. The lowest BCUT2D eigenvalue weighted by molar-refractivity contribution is 0.111. The Hall–Kier alpha value is 0. The molecule has 4 rings (SSSR count). The molecule has 4 aliphatic rings. The number of hydrogen-bond donors (Lipinski definition) is 0. The van der Waals surface area contributed by atoms with Crippen molar-refractivity contribution in [3.63, 3.8) is 0 Å². The van der Waals surface area contributed by atoms with Gasteiger partial charge in [-0.15, -0.1) is 0 Å². The van der Waals surface area contributed by atoms with Crippen LogP contribution < -0.4 is 0 Å². The molecule has 4 bridgehead atoms. The van der Waals surface area contributed by atoms with Crippen molar-refractivity contribution < 1.29 is 0 Å². The van der Waals surface area contributed by atoms with Crippen molar-refractivity contribution in [1.82, 2.24) is 0 Å². The van der Waals surface area contributed by atoms with Crippen LogP contribution in [0.1, 0.15) is 47.5 Å². The highest BCUT2D eigenvalue weighted by Gasteiger charge is 2.89. The van der Waals surface area contributed by atoms with Crippen LogP contribution >= 0.6 is 0 Å². The first-order valence-corrected chi connectivity index (χ1v) is 5.30. The van der Waals surface area contributed by atoms with Crippen LogP contribution in [0, 0.1) is 27.6 Å². The molecule has 68 valence electrons. The molecule has 0 amide bonds. The topological polar surface area (TPSA) is 0 Å². The van der Waals surface area contributed by atoms with Crippen molar-refractivity contribution in [3.05, 3.63) is 0 Å². The monoisotopic (exact) mass is 164 g/mol. The quantitative estimate of drug-likeness (QED) is 0.514. The maximum atomic E-state index is 2.54. The van der Waals surface area contributed by atoms with E-state index in [2.05, 4.69) is 34.6 Å². The molecule has 4 aliphatic carbocycles. The Morgan fingerprint density at radius 2 is 1.58 bits per heavy atom. The first-order chi connectivity index (χ1) is 5.30. The summed E-state index contributed by atoms with van der Waals surface area (Å²) >= 11 is 0. The zero-order valence-corrected chi connectivity index (χ0v) is 8.99. The van der Waals surface area contributed by atoms with Gasteiger partial charge in [-0.1, -0.05) is 34.6 Å². The molecule has 0 heteroatoms. The largest absolute Gasteiger partial charge is 0.0591 e. The first-order valence-electron chi connectivity index (χ1n) is 5.30. The Morgan fingerprint density at radius 3 is 1.67 bits per heavy atom. The number of rotatable bonds is 0. The van der Waals surface area contributed by atoms with Gasteiger partial charge in [0.1, 0.15) is 0 Å². The van der Waals surface area contributed by atoms with E-state index in [1.807, 2.05) is 0 Å². The molecule has 0 spiro atoms. The summed E-state index contributed by atoms with van der Waals surface area (Å²) in [6.07, 6.45) is 3.00. The zero-order valence-electron chi connectivity index (χ0n) is 8.99. The molecule has 0 aliphatic heterocycles. The molecule has 0 N–H and O–H groups in total. The number of hydrogen-bond acceptors (Lipinski definition) is 0. The minimum absolute atomic E-state index is 0.597. The average molecular weight is 164 g/mol. The molecule has 0 heterocycles. The van der Waals surface area contributed by atoms with Gasteiger partial charge in [0.25, 0.3) is 0 Å². The van der Waals surface area contributed by atoms with Crippen LogP contribution in [-0.2, 0) is 0 Å². The summed E-state index contributed by atoms with van der Waals surface area (Å²) < 4.78 is 0. The third-order valence-corrected chi connectivity index (χ3v) is 6.79. The maximum Gasteiger partial charge on any atom is -0.0179 e. The fraction of sp³-hybridized carbons (Fsp3) is 1.00. The van der Waals surface area contributed by atoms with Crippen molar-refractivity contribution in [3.8, 4) is 0 Å². The van der Waals surface area contributed by atoms with Crippen LogP contribution in [0.2, 0.25) is 0 Å². The Bertz CT molecular complexity index is 275. The third kappa shape index (κ3) is 0.352. The molecule has 0 aromatic carbocycles. The second kappa shape index (κ2) is 1.31. The SMILES string of the molecule is CC12CC3C(C)(C1)C3(C)C2(C)C. The summed E-state index contributed by atoms with van der Waals surface area (Å²) in [6.45, 7) is 12.6. The van der Waals surface area contributed by atoms with E-state index in [9.17, 15) is 0 Å².